The second kappa shape index (κ2) is 8.33. The Morgan fingerprint density at radius 3 is 2.53 bits per heavy atom. The summed E-state index contributed by atoms with van der Waals surface area (Å²) in [5.74, 6) is -0.136. The van der Waals surface area contributed by atoms with Crippen LogP contribution < -0.4 is 0 Å². The van der Waals surface area contributed by atoms with E-state index in [-0.39, 0.29) is 29.8 Å². The maximum absolute atomic E-state index is 13.3. The molecule has 2 aromatic carbocycles. The van der Waals surface area contributed by atoms with Crippen molar-refractivity contribution in [2.75, 3.05) is 6.61 Å². The molecule has 3 aromatic rings. The number of benzene rings is 2. The molecule has 2 heterocycles. The number of aromatic nitrogens is 1. The van der Waals surface area contributed by atoms with Gasteiger partial charge in [0.15, 0.2) is 0 Å². The van der Waals surface area contributed by atoms with Crippen LogP contribution in [-0.2, 0) is 4.74 Å². The highest BCUT2D eigenvalue weighted by atomic mass is 32.1. The fraction of sp³-hybridized carbons (Fsp3) is 0.273. The molecule has 4 rings (SSSR count). The molecule has 0 N–H and O–H groups in total. The molecule has 8 heteroatoms. The monoisotopic (exact) mass is 423 g/mol. The predicted molar refractivity (Wildman–Crippen MR) is 114 cm³/mol. The Balaban J connectivity index is 1.57. The number of nitro groups is 1. The molecular formula is C22H21N3O4S. The fourth-order valence-corrected chi connectivity index (χ4v) is 4.57. The average Bonchev–Trinajstić information content (AvgIpc) is 3.25. The van der Waals surface area contributed by atoms with E-state index in [1.54, 1.807) is 17.5 Å². The molecule has 7 nitrogen and oxygen atoms in total. The summed E-state index contributed by atoms with van der Waals surface area (Å²) >= 11 is 1.35. The van der Waals surface area contributed by atoms with Gasteiger partial charge in [0, 0.05) is 23.1 Å². The minimum Gasteiger partial charge on any atom is -0.369 e. The SMILES string of the molecule is C[C@@H]1CO[C@@H](c2ccccc2)[C@@H](C)N1C(=O)c1csc(-c2ccc([N+](=O)[O-])cc2)n1. The zero-order valence-electron chi connectivity index (χ0n) is 16.6. The van der Waals surface area contributed by atoms with Gasteiger partial charge in [0.2, 0.25) is 0 Å². The minimum absolute atomic E-state index is 0.0227. The van der Waals surface area contributed by atoms with Crippen LogP contribution in [-0.4, -0.2) is 39.4 Å². The van der Waals surface area contributed by atoms with E-state index in [1.807, 2.05) is 49.1 Å². The molecular weight excluding hydrogens is 402 g/mol. The molecule has 0 spiro atoms. The number of nitro benzene ring substituents is 1. The summed E-state index contributed by atoms with van der Waals surface area (Å²) < 4.78 is 6.04. The number of hydrogen-bond acceptors (Lipinski definition) is 6. The standard InChI is InChI=1S/C22H21N3O4S/c1-14-12-29-20(16-6-4-3-5-7-16)15(2)24(14)22(26)19-13-30-21(23-19)17-8-10-18(11-9-17)25(27)28/h3-11,13-15,20H,12H2,1-2H3/t14-,15-,20-/m1/s1. The Morgan fingerprint density at radius 2 is 1.87 bits per heavy atom. The Morgan fingerprint density at radius 1 is 1.17 bits per heavy atom. The van der Waals surface area contributed by atoms with Crippen LogP contribution in [0.3, 0.4) is 0 Å². The van der Waals surface area contributed by atoms with E-state index in [2.05, 4.69) is 4.98 Å². The highest BCUT2D eigenvalue weighted by molar-refractivity contribution is 7.13. The Kier molecular flexibility index (Phi) is 5.61. The highest BCUT2D eigenvalue weighted by Crippen LogP contribution is 2.33. The maximum atomic E-state index is 13.3. The topological polar surface area (TPSA) is 85.6 Å². The molecule has 0 bridgehead atoms. The summed E-state index contributed by atoms with van der Waals surface area (Å²) in [5, 5.41) is 13.2. The third kappa shape index (κ3) is 3.83. The molecule has 1 amide bonds. The second-order valence-corrected chi connectivity index (χ2v) is 8.17. The van der Waals surface area contributed by atoms with Crippen molar-refractivity contribution >= 4 is 22.9 Å². The van der Waals surface area contributed by atoms with Crippen molar-refractivity contribution < 1.29 is 14.5 Å². The van der Waals surface area contributed by atoms with Crippen molar-refractivity contribution in [1.82, 2.24) is 9.88 Å². The lowest BCUT2D eigenvalue weighted by Crippen LogP contribution is -2.53. The van der Waals surface area contributed by atoms with Crippen LogP contribution in [0, 0.1) is 10.1 Å². The second-order valence-electron chi connectivity index (χ2n) is 7.31. The van der Waals surface area contributed by atoms with E-state index in [0.29, 0.717) is 17.3 Å². The number of ether oxygens (including phenoxy) is 1. The molecule has 1 saturated heterocycles. The van der Waals surface area contributed by atoms with Gasteiger partial charge in [-0.2, -0.15) is 0 Å². The van der Waals surface area contributed by atoms with Crippen LogP contribution in [0.25, 0.3) is 10.6 Å². The first-order valence-corrected chi connectivity index (χ1v) is 10.5. The third-order valence-electron chi connectivity index (χ3n) is 5.28. The number of nitrogens with zero attached hydrogens (tertiary/aromatic N) is 3. The highest BCUT2D eigenvalue weighted by Gasteiger charge is 2.38. The summed E-state index contributed by atoms with van der Waals surface area (Å²) in [7, 11) is 0. The van der Waals surface area contributed by atoms with Gasteiger partial charge in [-0.25, -0.2) is 4.98 Å². The van der Waals surface area contributed by atoms with E-state index < -0.39 is 4.92 Å². The average molecular weight is 423 g/mol. The van der Waals surface area contributed by atoms with Gasteiger partial charge in [0.25, 0.3) is 11.6 Å². The van der Waals surface area contributed by atoms with E-state index in [1.165, 1.54) is 23.5 Å². The van der Waals surface area contributed by atoms with Gasteiger partial charge in [0.05, 0.1) is 23.6 Å². The van der Waals surface area contributed by atoms with Gasteiger partial charge in [-0.15, -0.1) is 11.3 Å². The predicted octanol–water partition coefficient (Wildman–Crippen LogP) is 4.71. The lowest BCUT2D eigenvalue weighted by molar-refractivity contribution is -0.384. The Labute approximate surface area is 178 Å². The van der Waals surface area contributed by atoms with Crippen LogP contribution in [0.4, 0.5) is 5.69 Å². The number of hydrogen-bond donors (Lipinski definition) is 0. The van der Waals surface area contributed by atoms with E-state index in [0.717, 1.165) is 11.1 Å². The zero-order valence-corrected chi connectivity index (χ0v) is 17.4. The first-order chi connectivity index (χ1) is 14.5. The minimum atomic E-state index is -0.440. The lowest BCUT2D eigenvalue weighted by atomic mass is 9.98. The molecule has 1 fully saturated rings. The number of thiazole rings is 1. The van der Waals surface area contributed by atoms with Crippen molar-refractivity contribution in [3.63, 3.8) is 0 Å². The summed E-state index contributed by atoms with van der Waals surface area (Å²) in [6, 6.07) is 15.9. The molecule has 0 saturated carbocycles. The molecule has 3 atom stereocenters. The van der Waals surface area contributed by atoms with Gasteiger partial charge in [-0.1, -0.05) is 30.3 Å². The number of amides is 1. The van der Waals surface area contributed by atoms with E-state index >= 15 is 0 Å². The van der Waals surface area contributed by atoms with Gasteiger partial charge in [-0.3, -0.25) is 14.9 Å². The van der Waals surface area contributed by atoms with Gasteiger partial charge < -0.3 is 9.64 Å². The van der Waals surface area contributed by atoms with Crippen LogP contribution in [0.2, 0.25) is 0 Å². The summed E-state index contributed by atoms with van der Waals surface area (Å²) in [6.45, 7) is 4.42. The van der Waals surface area contributed by atoms with Crippen LogP contribution >= 0.6 is 11.3 Å². The van der Waals surface area contributed by atoms with Crippen LogP contribution in [0.5, 0.6) is 0 Å². The van der Waals surface area contributed by atoms with Crippen molar-refractivity contribution in [3.8, 4) is 10.6 Å². The van der Waals surface area contributed by atoms with Gasteiger partial charge in [-0.05, 0) is 31.5 Å². The molecule has 0 radical (unpaired) electrons. The summed E-state index contributed by atoms with van der Waals surface area (Å²) in [4.78, 5) is 30.1. The van der Waals surface area contributed by atoms with Crippen molar-refractivity contribution in [1.29, 1.82) is 0 Å². The van der Waals surface area contributed by atoms with Crippen LogP contribution in [0.1, 0.15) is 36.0 Å². The molecule has 30 heavy (non-hydrogen) atoms. The van der Waals surface area contributed by atoms with Crippen LogP contribution in [0.15, 0.2) is 60.0 Å². The molecule has 0 aliphatic carbocycles. The van der Waals surface area contributed by atoms with Gasteiger partial charge in [0.1, 0.15) is 16.8 Å². The van der Waals surface area contributed by atoms with E-state index in [9.17, 15) is 14.9 Å². The number of morpholine rings is 1. The van der Waals surface area contributed by atoms with E-state index in [4.69, 9.17) is 4.74 Å². The van der Waals surface area contributed by atoms with Crippen molar-refractivity contribution in [2.45, 2.75) is 32.0 Å². The quantitative estimate of drug-likeness (QED) is 0.448. The number of carbonyl (C=O) groups excluding carboxylic acids is 1. The smallest absolute Gasteiger partial charge is 0.274 e. The fourth-order valence-electron chi connectivity index (χ4n) is 3.77. The maximum Gasteiger partial charge on any atom is 0.274 e. The molecule has 1 aliphatic rings. The number of non-ortho nitro benzene ring substituents is 1. The molecule has 1 aliphatic heterocycles. The van der Waals surface area contributed by atoms with Crippen molar-refractivity contribution in [3.05, 3.63) is 81.3 Å². The summed E-state index contributed by atoms with van der Waals surface area (Å²) in [6.07, 6.45) is -0.195. The molecule has 0 unspecified atom stereocenters. The Hall–Kier alpha value is -3.10. The molecule has 154 valence electrons. The lowest BCUT2D eigenvalue weighted by Gasteiger charge is -2.43. The third-order valence-corrected chi connectivity index (χ3v) is 6.17. The zero-order chi connectivity index (χ0) is 21.3. The molecule has 1 aromatic heterocycles. The number of carbonyl (C=O) groups is 1. The van der Waals surface area contributed by atoms with Gasteiger partial charge >= 0.3 is 0 Å². The van der Waals surface area contributed by atoms with Crippen molar-refractivity contribution in [2.24, 2.45) is 0 Å². The number of rotatable bonds is 4. The first kappa shape index (κ1) is 20.2. The normalized spacial score (nSPS) is 21.4. The largest absolute Gasteiger partial charge is 0.369 e. The first-order valence-electron chi connectivity index (χ1n) is 9.65. The Bertz CT molecular complexity index is 1050. The summed E-state index contributed by atoms with van der Waals surface area (Å²) in [5.41, 5.74) is 2.18.